The van der Waals surface area contributed by atoms with E-state index >= 15 is 0 Å². The van der Waals surface area contributed by atoms with E-state index in [2.05, 4.69) is 30.3 Å². The van der Waals surface area contributed by atoms with Crippen molar-refractivity contribution >= 4 is 43.6 Å². The van der Waals surface area contributed by atoms with Gasteiger partial charge >= 0.3 is 12.4 Å². The maximum absolute atomic E-state index is 14.2. The molecule has 0 bridgehead atoms. The van der Waals surface area contributed by atoms with E-state index in [-0.39, 0.29) is 22.8 Å². The van der Waals surface area contributed by atoms with Crippen molar-refractivity contribution in [2.24, 2.45) is 0 Å². The lowest BCUT2D eigenvalue weighted by Crippen LogP contribution is -2.11. The molecule has 0 saturated heterocycles. The summed E-state index contributed by atoms with van der Waals surface area (Å²) >= 11 is 0. The van der Waals surface area contributed by atoms with E-state index in [1.54, 1.807) is 97.1 Å². The van der Waals surface area contributed by atoms with Crippen LogP contribution in [0.15, 0.2) is 127 Å². The summed E-state index contributed by atoms with van der Waals surface area (Å²) in [4.78, 5) is 0. The zero-order valence-electron chi connectivity index (χ0n) is 31.5. The monoisotopic (exact) mass is 821 g/mol. The summed E-state index contributed by atoms with van der Waals surface area (Å²) < 4.78 is 88.9. The molecule has 0 amide bonds. The van der Waals surface area contributed by atoms with Crippen molar-refractivity contribution < 1.29 is 26.3 Å². The maximum Gasteiger partial charge on any atom is 0.416 e. The molecule has 9 aromatic rings. The van der Waals surface area contributed by atoms with Gasteiger partial charge in [0.25, 0.3) is 0 Å². The highest BCUT2D eigenvalue weighted by atomic mass is 19.4. The number of fused-ring (bicyclic) bond motifs is 6. The van der Waals surface area contributed by atoms with E-state index in [0.29, 0.717) is 100 Å². The molecule has 0 N–H and O–H groups in total. The number of hydrogen-bond donors (Lipinski definition) is 0. The third kappa shape index (κ3) is 6.28. The molecule has 0 atom stereocenters. The quantitative estimate of drug-likeness (QED) is 0.163. The number of benzene rings is 7. The molecule has 7 nitrogen and oxygen atoms in total. The van der Waals surface area contributed by atoms with E-state index in [9.17, 15) is 52.7 Å². The van der Waals surface area contributed by atoms with Crippen molar-refractivity contribution in [2.75, 3.05) is 0 Å². The minimum Gasteiger partial charge on any atom is -0.309 e. The van der Waals surface area contributed by atoms with Gasteiger partial charge < -0.3 is 9.13 Å². The minimum absolute atomic E-state index is 0.00880. The Labute approximate surface area is 347 Å². The summed E-state index contributed by atoms with van der Waals surface area (Å²) in [6.07, 6.45) is -10.2. The van der Waals surface area contributed by atoms with Crippen LogP contribution in [0.2, 0.25) is 0 Å². The molecular formula is C49H21F6N7. The number of alkyl halides is 6. The normalized spacial score (nSPS) is 11.6. The highest BCUT2D eigenvalue weighted by Gasteiger charge is 2.37. The fourth-order valence-electron chi connectivity index (χ4n) is 8.11. The fourth-order valence-corrected chi connectivity index (χ4v) is 8.11. The zero-order valence-corrected chi connectivity index (χ0v) is 31.5. The van der Waals surface area contributed by atoms with Gasteiger partial charge in [-0.15, -0.1) is 0 Å². The van der Waals surface area contributed by atoms with Crippen molar-refractivity contribution in [3.05, 3.63) is 166 Å². The Morgan fingerprint density at radius 2 is 0.710 bits per heavy atom. The lowest BCUT2D eigenvalue weighted by molar-refractivity contribution is -0.143. The Kier molecular flexibility index (Phi) is 8.84. The van der Waals surface area contributed by atoms with E-state index in [4.69, 9.17) is 0 Å². The first-order valence-corrected chi connectivity index (χ1v) is 18.5. The Morgan fingerprint density at radius 3 is 1.10 bits per heavy atom. The number of aromatic nitrogens is 2. The minimum atomic E-state index is -5.11. The zero-order chi connectivity index (χ0) is 43.7. The summed E-state index contributed by atoms with van der Waals surface area (Å²) in [5, 5.41) is 51.9. The second-order valence-corrected chi connectivity index (χ2v) is 14.4. The molecule has 0 aliphatic carbocycles. The smallest absolute Gasteiger partial charge is 0.309 e. The predicted molar refractivity (Wildman–Crippen MR) is 220 cm³/mol. The largest absolute Gasteiger partial charge is 0.416 e. The van der Waals surface area contributed by atoms with Crippen LogP contribution in [-0.2, 0) is 12.4 Å². The van der Waals surface area contributed by atoms with E-state index in [0.717, 1.165) is 0 Å². The SMILES string of the molecule is N#Cc1ccc(-c2cc(-c3cc(C(F)(F)F)cc(C(F)(F)F)c3)ccc2-n2c3ccc(C#N)cc3c3cc(C#N)ccc32)c(-n2c3ccc(C#N)cc3c3cc(C#N)ccc32)c1. The molecule has 0 saturated carbocycles. The highest BCUT2D eigenvalue weighted by molar-refractivity contribution is 6.12. The Balaban J connectivity index is 1.44. The van der Waals surface area contributed by atoms with Crippen molar-refractivity contribution in [3.8, 4) is 64.0 Å². The molecule has 2 heterocycles. The van der Waals surface area contributed by atoms with Gasteiger partial charge in [-0.1, -0.05) is 12.1 Å². The van der Waals surface area contributed by atoms with Gasteiger partial charge in [-0.3, -0.25) is 0 Å². The Hall–Kier alpha value is -8.83. The number of nitriles is 5. The Bertz CT molecular complexity index is 3450. The van der Waals surface area contributed by atoms with Crippen LogP contribution in [0.4, 0.5) is 26.3 Å². The summed E-state index contributed by atoms with van der Waals surface area (Å²) in [7, 11) is 0. The molecule has 0 fully saturated rings. The van der Waals surface area contributed by atoms with Crippen LogP contribution < -0.4 is 0 Å². The number of hydrogen-bond acceptors (Lipinski definition) is 5. The van der Waals surface area contributed by atoms with Gasteiger partial charge in [0.15, 0.2) is 0 Å². The first kappa shape index (κ1) is 38.7. The summed E-state index contributed by atoms with van der Waals surface area (Å²) in [5.41, 5.74) is 2.02. The average molecular weight is 822 g/mol. The van der Waals surface area contributed by atoms with Gasteiger partial charge in [0, 0.05) is 32.7 Å². The second-order valence-electron chi connectivity index (χ2n) is 14.4. The van der Waals surface area contributed by atoms with Crippen molar-refractivity contribution in [3.63, 3.8) is 0 Å². The standard InChI is InChI=1S/C49H21F6N7/c50-48(51,52)34-18-33(19-35(21-34)49(53,54)55)32-6-12-46(61-42-8-2-27(22-56)13-37(42)38-14-28(23-57)3-9-43(38)61)41(20-32)36-7-1-31(26-60)17-47(36)62-44-10-4-29(24-58)15-39(44)40-16-30(25-59)5-11-45(40)62/h1-21H. The molecular weight excluding hydrogens is 801 g/mol. The van der Waals surface area contributed by atoms with Crippen LogP contribution in [0.5, 0.6) is 0 Å². The molecule has 294 valence electrons. The third-order valence-electron chi connectivity index (χ3n) is 10.9. The molecule has 0 aliphatic heterocycles. The number of nitrogens with zero attached hydrogens (tertiary/aromatic N) is 7. The second kappa shape index (κ2) is 14.2. The summed E-state index contributed by atoms with van der Waals surface area (Å²) in [6, 6.07) is 41.4. The van der Waals surface area contributed by atoms with Crippen molar-refractivity contribution in [1.29, 1.82) is 26.3 Å². The van der Waals surface area contributed by atoms with Crippen molar-refractivity contribution in [2.45, 2.75) is 12.4 Å². The van der Waals surface area contributed by atoms with Crippen LogP contribution in [0.1, 0.15) is 38.9 Å². The van der Waals surface area contributed by atoms with E-state index in [1.165, 1.54) is 12.1 Å². The highest BCUT2D eigenvalue weighted by Crippen LogP contribution is 2.45. The van der Waals surface area contributed by atoms with Gasteiger partial charge in [-0.25, -0.2) is 0 Å². The first-order valence-electron chi connectivity index (χ1n) is 18.5. The number of halogens is 6. The van der Waals surface area contributed by atoms with Gasteiger partial charge in [0.05, 0.1) is 103 Å². The van der Waals surface area contributed by atoms with Gasteiger partial charge in [-0.05, 0) is 126 Å². The molecule has 0 radical (unpaired) electrons. The Morgan fingerprint density at radius 1 is 0.339 bits per heavy atom. The fraction of sp³-hybridized carbons (Fsp3) is 0.0408. The summed E-state index contributed by atoms with van der Waals surface area (Å²) in [5.74, 6) is 0. The van der Waals surface area contributed by atoms with Gasteiger partial charge in [0.1, 0.15) is 0 Å². The topological polar surface area (TPSA) is 129 Å². The average Bonchev–Trinajstić information content (AvgIpc) is 3.78. The summed E-state index contributed by atoms with van der Waals surface area (Å²) in [6.45, 7) is 0. The number of rotatable bonds is 4. The van der Waals surface area contributed by atoms with Gasteiger partial charge in [-0.2, -0.15) is 52.7 Å². The molecule has 62 heavy (non-hydrogen) atoms. The molecule has 9 rings (SSSR count). The van der Waals surface area contributed by atoms with Crippen LogP contribution in [0.3, 0.4) is 0 Å². The first-order chi connectivity index (χ1) is 29.7. The van der Waals surface area contributed by atoms with Crippen LogP contribution >= 0.6 is 0 Å². The lowest BCUT2D eigenvalue weighted by Gasteiger charge is -2.20. The van der Waals surface area contributed by atoms with Crippen LogP contribution in [0, 0.1) is 56.7 Å². The molecule has 0 spiro atoms. The molecule has 0 unspecified atom stereocenters. The van der Waals surface area contributed by atoms with Gasteiger partial charge in [0.2, 0.25) is 0 Å². The maximum atomic E-state index is 14.2. The van der Waals surface area contributed by atoms with E-state index in [1.807, 2.05) is 9.13 Å². The molecule has 7 aromatic carbocycles. The van der Waals surface area contributed by atoms with Crippen LogP contribution in [-0.4, -0.2) is 9.13 Å². The molecule has 13 heteroatoms. The van der Waals surface area contributed by atoms with Crippen LogP contribution in [0.25, 0.3) is 77.2 Å². The van der Waals surface area contributed by atoms with Crippen molar-refractivity contribution in [1.82, 2.24) is 9.13 Å². The molecule has 2 aromatic heterocycles. The molecule has 0 aliphatic rings. The predicted octanol–water partition coefficient (Wildman–Crippen LogP) is 12.6. The third-order valence-corrected chi connectivity index (χ3v) is 10.9. The lowest BCUT2D eigenvalue weighted by atomic mass is 9.93. The van der Waals surface area contributed by atoms with E-state index < -0.39 is 23.5 Å².